The van der Waals surface area contributed by atoms with Crippen molar-refractivity contribution < 1.29 is 4.74 Å². The minimum atomic E-state index is -0.248. The Balaban J connectivity index is 1.98. The number of pyridine rings is 1. The molecule has 0 saturated carbocycles. The van der Waals surface area contributed by atoms with Crippen molar-refractivity contribution in [3.05, 3.63) is 47.0 Å². The maximum atomic E-state index is 11.2. The highest BCUT2D eigenvalue weighted by Gasteiger charge is 2.06. The van der Waals surface area contributed by atoms with Crippen molar-refractivity contribution in [2.24, 2.45) is 0 Å². The summed E-state index contributed by atoms with van der Waals surface area (Å²) in [5.41, 5.74) is 1.02. The number of aromatic amines is 2. The summed E-state index contributed by atoms with van der Waals surface area (Å²) < 4.78 is 5.30. The van der Waals surface area contributed by atoms with Crippen LogP contribution in [0.3, 0.4) is 0 Å². The van der Waals surface area contributed by atoms with Crippen LogP contribution in [0.1, 0.15) is 0 Å². The Morgan fingerprint density at radius 3 is 2.95 bits per heavy atom. The molecule has 0 saturated heterocycles. The van der Waals surface area contributed by atoms with Crippen LogP contribution in [0.4, 0.5) is 0 Å². The average Bonchev–Trinajstić information content (AvgIpc) is 2.79. The number of nitrogens with one attached hydrogen (secondary N) is 2. The van der Waals surface area contributed by atoms with Gasteiger partial charge in [0.2, 0.25) is 0 Å². The van der Waals surface area contributed by atoms with Crippen LogP contribution < -0.4 is 10.4 Å². The van der Waals surface area contributed by atoms with Crippen molar-refractivity contribution in [2.75, 3.05) is 7.11 Å². The highest BCUT2D eigenvalue weighted by atomic mass is 32.2. The van der Waals surface area contributed by atoms with Gasteiger partial charge in [-0.1, -0.05) is 23.9 Å². The molecule has 0 bridgehead atoms. The number of methoxy groups -OCH3 is 1. The number of fused-ring (bicyclic) bond motifs is 1. The number of hydrogen-bond donors (Lipinski definition) is 2. The molecule has 0 aliphatic carbocycles. The first-order chi connectivity index (χ1) is 9.26. The molecule has 0 aliphatic rings. The summed E-state index contributed by atoms with van der Waals surface area (Å²) in [5.74, 6) is 0.815. The third-order valence-electron chi connectivity index (χ3n) is 2.64. The standard InChI is InChI=1S/C13H11N3O2S/c1-18-10-4-2-3-5-11(10)19-8-6-9-12(14-7-8)16-13(17)15-9/h2-7H,1H3,(H2,14,15,16,17). The molecule has 2 heterocycles. The number of hydrogen-bond acceptors (Lipinski definition) is 4. The molecule has 0 radical (unpaired) electrons. The van der Waals surface area contributed by atoms with Crippen LogP contribution in [-0.4, -0.2) is 22.1 Å². The molecule has 0 spiro atoms. The van der Waals surface area contributed by atoms with Gasteiger partial charge in [0, 0.05) is 11.1 Å². The largest absolute Gasteiger partial charge is 0.496 e. The second-order valence-corrected chi connectivity index (χ2v) is 5.01. The third kappa shape index (κ3) is 2.34. The van der Waals surface area contributed by atoms with E-state index in [9.17, 15) is 4.79 Å². The van der Waals surface area contributed by atoms with Crippen LogP contribution in [0.25, 0.3) is 11.2 Å². The highest BCUT2D eigenvalue weighted by Crippen LogP contribution is 2.34. The second-order valence-electron chi connectivity index (χ2n) is 3.90. The molecule has 0 aliphatic heterocycles. The molecular formula is C13H11N3O2S. The molecule has 5 nitrogen and oxygen atoms in total. The number of ether oxygens (including phenoxy) is 1. The molecule has 96 valence electrons. The quantitative estimate of drug-likeness (QED) is 0.768. The number of nitrogens with zero attached hydrogens (tertiary/aromatic N) is 1. The van der Waals surface area contributed by atoms with Gasteiger partial charge in [0.1, 0.15) is 5.75 Å². The van der Waals surface area contributed by atoms with E-state index in [4.69, 9.17) is 4.74 Å². The molecule has 6 heteroatoms. The van der Waals surface area contributed by atoms with E-state index in [2.05, 4.69) is 15.0 Å². The zero-order valence-corrected chi connectivity index (χ0v) is 11.0. The van der Waals surface area contributed by atoms with Gasteiger partial charge in [-0.05, 0) is 18.2 Å². The van der Waals surface area contributed by atoms with Crippen LogP contribution in [-0.2, 0) is 0 Å². The zero-order chi connectivity index (χ0) is 13.2. The molecule has 0 atom stereocenters. The Kier molecular flexibility index (Phi) is 3.00. The maximum Gasteiger partial charge on any atom is 0.325 e. The fraction of sp³-hybridized carbons (Fsp3) is 0.0769. The van der Waals surface area contributed by atoms with E-state index in [1.54, 1.807) is 13.3 Å². The smallest absolute Gasteiger partial charge is 0.325 e. The lowest BCUT2D eigenvalue weighted by molar-refractivity contribution is 0.405. The molecule has 2 N–H and O–H groups in total. The van der Waals surface area contributed by atoms with Crippen molar-refractivity contribution >= 4 is 22.9 Å². The number of rotatable bonds is 3. The summed E-state index contributed by atoms with van der Waals surface area (Å²) in [6.07, 6.45) is 1.73. The van der Waals surface area contributed by atoms with Gasteiger partial charge in [-0.15, -0.1) is 0 Å². The summed E-state index contributed by atoms with van der Waals surface area (Å²) in [6.45, 7) is 0. The second kappa shape index (κ2) is 4.81. The Morgan fingerprint density at radius 1 is 1.26 bits per heavy atom. The minimum absolute atomic E-state index is 0.248. The van der Waals surface area contributed by atoms with Crippen molar-refractivity contribution in [1.29, 1.82) is 0 Å². The summed E-state index contributed by atoms with van der Waals surface area (Å²) in [4.78, 5) is 22.6. The van der Waals surface area contributed by atoms with E-state index >= 15 is 0 Å². The van der Waals surface area contributed by atoms with Crippen LogP contribution >= 0.6 is 11.8 Å². The molecule has 19 heavy (non-hydrogen) atoms. The topological polar surface area (TPSA) is 70.8 Å². The first kappa shape index (κ1) is 11.9. The van der Waals surface area contributed by atoms with Crippen molar-refractivity contribution in [3.8, 4) is 5.75 Å². The SMILES string of the molecule is COc1ccccc1Sc1cnc2[nH]c(=O)[nH]c2c1. The normalized spacial score (nSPS) is 10.8. The number of aromatic nitrogens is 3. The van der Waals surface area contributed by atoms with Gasteiger partial charge in [-0.2, -0.15) is 0 Å². The number of para-hydroxylation sites is 1. The molecular weight excluding hydrogens is 262 g/mol. The Hall–Kier alpha value is -2.21. The van der Waals surface area contributed by atoms with Gasteiger partial charge < -0.3 is 9.72 Å². The van der Waals surface area contributed by atoms with Crippen molar-refractivity contribution in [2.45, 2.75) is 9.79 Å². The molecule has 3 rings (SSSR count). The van der Waals surface area contributed by atoms with Crippen molar-refractivity contribution in [3.63, 3.8) is 0 Å². The van der Waals surface area contributed by atoms with Crippen molar-refractivity contribution in [1.82, 2.24) is 15.0 Å². The Bertz CT molecular complexity index is 779. The van der Waals surface area contributed by atoms with E-state index in [0.717, 1.165) is 15.5 Å². The lowest BCUT2D eigenvalue weighted by Gasteiger charge is -2.07. The Morgan fingerprint density at radius 2 is 2.11 bits per heavy atom. The molecule has 1 aromatic carbocycles. The van der Waals surface area contributed by atoms with Gasteiger partial charge in [-0.3, -0.25) is 4.98 Å². The maximum absolute atomic E-state index is 11.2. The van der Waals surface area contributed by atoms with E-state index < -0.39 is 0 Å². The Labute approximate surface area is 113 Å². The van der Waals surface area contributed by atoms with Gasteiger partial charge in [0.15, 0.2) is 5.65 Å². The number of imidazole rings is 1. The van der Waals surface area contributed by atoms with E-state index in [1.807, 2.05) is 30.3 Å². The molecule has 0 amide bonds. The van der Waals surface area contributed by atoms with E-state index in [-0.39, 0.29) is 5.69 Å². The van der Waals surface area contributed by atoms with Gasteiger partial charge in [-0.25, -0.2) is 9.78 Å². The monoisotopic (exact) mass is 273 g/mol. The summed E-state index contributed by atoms with van der Waals surface area (Å²) >= 11 is 1.54. The first-order valence-electron chi connectivity index (χ1n) is 5.65. The molecule has 0 fully saturated rings. The lowest BCUT2D eigenvalue weighted by Crippen LogP contribution is -1.99. The van der Waals surface area contributed by atoms with Crippen LogP contribution in [0.15, 0.2) is 51.1 Å². The zero-order valence-electron chi connectivity index (χ0n) is 10.1. The number of benzene rings is 1. The van der Waals surface area contributed by atoms with Gasteiger partial charge >= 0.3 is 5.69 Å². The molecule has 3 aromatic rings. The fourth-order valence-electron chi connectivity index (χ4n) is 1.79. The first-order valence-corrected chi connectivity index (χ1v) is 6.47. The average molecular weight is 273 g/mol. The predicted octanol–water partition coefficient (Wildman–Crippen LogP) is 2.41. The van der Waals surface area contributed by atoms with Gasteiger partial charge in [0.25, 0.3) is 0 Å². The van der Waals surface area contributed by atoms with Crippen LogP contribution in [0.5, 0.6) is 5.75 Å². The molecule has 2 aromatic heterocycles. The summed E-state index contributed by atoms with van der Waals surface area (Å²) in [5, 5.41) is 0. The summed E-state index contributed by atoms with van der Waals surface area (Å²) in [7, 11) is 1.64. The van der Waals surface area contributed by atoms with E-state index in [1.165, 1.54) is 11.8 Å². The van der Waals surface area contributed by atoms with Crippen LogP contribution in [0, 0.1) is 0 Å². The minimum Gasteiger partial charge on any atom is -0.496 e. The molecule has 0 unspecified atom stereocenters. The third-order valence-corrected chi connectivity index (χ3v) is 3.66. The highest BCUT2D eigenvalue weighted by molar-refractivity contribution is 7.99. The lowest BCUT2D eigenvalue weighted by atomic mass is 10.3. The van der Waals surface area contributed by atoms with E-state index in [0.29, 0.717) is 11.2 Å². The fourth-order valence-corrected chi connectivity index (χ4v) is 2.72. The predicted molar refractivity (Wildman–Crippen MR) is 73.8 cm³/mol. The number of H-pyrrole nitrogens is 2. The van der Waals surface area contributed by atoms with Crippen LogP contribution in [0.2, 0.25) is 0 Å². The summed E-state index contributed by atoms with van der Waals surface area (Å²) in [6, 6.07) is 9.65. The van der Waals surface area contributed by atoms with Gasteiger partial charge in [0.05, 0.1) is 17.5 Å².